The van der Waals surface area contributed by atoms with E-state index in [4.69, 9.17) is 16.3 Å². The zero-order valence-corrected chi connectivity index (χ0v) is 11.2. The lowest BCUT2D eigenvalue weighted by molar-refractivity contribution is 0.173. The van der Waals surface area contributed by atoms with E-state index in [9.17, 15) is 8.42 Å². The van der Waals surface area contributed by atoms with E-state index in [2.05, 4.69) is 4.72 Å². The topological polar surface area (TPSA) is 55.4 Å². The van der Waals surface area contributed by atoms with Gasteiger partial charge < -0.3 is 4.74 Å². The second-order valence-electron chi connectivity index (χ2n) is 4.43. The largest absolute Gasteiger partial charge is 0.385 e. The molecule has 0 spiro atoms. The summed E-state index contributed by atoms with van der Waals surface area (Å²) in [5.74, 6) is 0.507. The van der Waals surface area contributed by atoms with Crippen LogP contribution in [-0.2, 0) is 14.8 Å². The van der Waals surface area contributed by atoms with Gasteiger partial charge in [0, 0.05) is 26.1 Å². The predicted molar refractivity (Wildman–Crippen MR) is 65.3 cm³/mol. The summed E-state index contributed by atoms with van der Waals surface area (Å²) in [7, 11) is -1.47. The average molecular weight is 270 g/mol. The average Bonchev–Trinajstić information content (AvgIpc) is 3.02. The fourth-order valence-corrected chi connectivity index (χ4v) is 3.08. The Bertz CT molecular complexity index is 301. The Labute approximate surface area is 103 Å². The van der Waals surface area contributed by atoms with Gasteiger partial charge in [-0.25, -0.2) is 13.1 Å². The molecule has 0 aliphatic heterocycles. The minimum Gasteiger partial charge on any atom is -0.385 e. The molecule has 0 heterocycles. The molecule has 0 amide bonds. The second-order valence-corrected chi connectivity index (χ2v) is 6.73. The van der Waals surface area contributed by atoms with Gasteiger partial charge in [-0.15, -0.1) is 11.6 Å². The third kappa shape index (κ3) is 4.99. The van der Waals surface area contributed by atoms with E-state index < -0.39 is 10.0 Å². The number of ether oxygens (including phenoxy) is 1. The number of hydrogen-bond acceptors (Lipinski definition) is 3. The van der Waals surface area contributed by atoms with E-state index in [1.54, 1.807) is 7.11 Å². The molecule has 0 aromatic carbocycles. The van der Waals surface area contributed by atoms with E-state index in [0.29, 0.717) is 25.5 Å². The highest BCUT2D eigenvalue weighted by atomic mass is 35.5. The molecule has 0 atom stereocenters. The predicted octanol–water partition coefficient (Wildman–Crippen LogP) is 1.35. The van der Waals surface area contributed by atoms with E-state index >= 15 is 0 Å². The number of alkyl halides is 1. The maximum atomic E-state index is 11.5. The lowest BCUT2D eigenvalue weighted by atomic mass is 10.0. The zero-order chi connectivity index (χ0) is 12.1. The molecule has 6 heteroatoms. The van der Waals surface area contributed by atoms with Gasteiger partial charge in [-0.3, -0.25) is 0 Å². The lowest BCUT2D eigenvalue weighted by Gasteiger charge is -2.15. The van der Waals surface area contributed by atoms with Crippen LogP contribution in [0.4, 0.5) is 0 Å². The van der Waals surface area contributed by atoms with E-state index in [1.807, 2.05) is 0 Å². The highest BCUT2D eigenvalue weighted by Crippen LogP contribution is 2.48. The summed E-state index contributed by atoms with van der Waals surface area (Å²) in [6, 6.07) is 0. The van der Waals surface area contributed by atoms with Crippen molar-refractivity contribution in [1.29, 1.82) is 0 Å². The molecule has 1 rings (SSSR count). The molecule has 1 aliphatic carbocycles. The number of rotatable bonds is 9. The standard InChI is InChI=1S/C10H20ClNO3S/c1-15-7-5-10(3-4-10)9-12-16(13,14)8-2-6-11/h12H,2-9H2,1H3. The third-order valence-corrected chi connectivity index (χ3v) is 4.68. The molecule has 96 valence electrons. The van der Waals surface area contributed by atoms with Gasteiger partial charge in [0.05, 0.1) is 5.75 Å². The molecule has 1 fully saturated rings. The number of halogens is 1. The van der Waals surface area contributed by atoms with Crippen LogP contribution in [0.3, 0.4) is 0 Å². The summed E-state index contributed by atoms with van der Waals surface area (Å²) in [4.78, 5) is 0. The molecule has 4 nitrogen and oxygen atoms in total. The molecular formula is C10H20ClNO3S. The SMILES string of the molecule is COCCC1(CNS(=O)(=O)CCCCl)CC1. The first-order valence-electron chi connectivity index (χ1n) is 5.56. The smallest absolute Gasteiger partial charge is 0.211 e. The normalized spacial score (nSPS) is 18.6. The van der Waals surface area contributed by atoms with Crippen LogP contribution in [0.1, 0.15) is 25.7 Å². The number of nitrogens with one attached hydrogen (secondary N) is 1. The molecule has 0 unspecified atom stereocenters. The minimum atomic E-state index is -3.14. The van der Waals surface area contributed by atoms with Crippen molar-refractivity contribution in [2.45, 2.75) is 25.7 Å². The Balaban J connectivity index is 2.28. The number of sulfonamides is 1. The van der Waals surface area contributed by atoms with Crippen LogP contribution < -0.4 is 4.72 Å². The molecule has 0 radical (unpaired) electrons. The Morgan fingerprint density at radius 3 is 2.62 bits per heavy atom. The number of hydrogen-bond donors (Lipinski definition) is 1. The fraction of sp³-hybridized carbons (Fsp3) is 1.00. The Kier molecular flexibility index (Phi) is 5.50. The van der Waals surface area contributed by atoms with Crippen LogP contribution in [0.25, 0.3) is 0 Å². The van der Waals surface area contributed by atoms with Crippen molar-refractivity contribution in [3.8, 4) is 0 Å². The Hall–Kier alpha value is 0.160. The van der Waals surface area contributed by atoms with E-state index in [-0.39, 0.29) is 11.2 Å². The first-order valence-corrected chi connectivity index (χ1v) is 7.74. The Morgan fingerprint density at radius 2 is 2.12 bits per heavy atom. The molecular weight excluding hydrogens is 250 g/mol. The first-order chi connectivity index (χ1) is 7.54. The van der Waals surface area contributed by atoms with Gasteiger partial charge in [-0.2, -0.15) is 0 Å². The van der Waals surface area contributed by atoms with Crippen molar-refractivity contribution in [1.82, 2.24) is 4.72 Å². The van der Waals surface area contributed by atoms with Gasteiger partial charge in [0.2, 0.25) is 10.0 Å². The zero-order valence-electron chi connectivity index (χ0n) is 9.67. The van der Waals surface area contributed by atoms with Crippen molar-refractivity contribution in [2.24, 2.45) is 5.41 Å². The van der Waals surface area contributed by atoms with Crippen LogP contribution in [0.5, 0.6) is 0 Å². The quantitative estimate of drug-likeness (QED) is 0.643. The van der Waals surface area contributed by atoms with Crippen LogP contribution in [0.15, 0.2) is 0 Å². The summed E-state index contributed by atoms with van der Waals surface area (Å²) >= 11 is 5.47. The summed E-state index contributed by atoms with van der Waals surface area (Å²) in [5, 5.41) is 0. The van der Waals surface area contributed by atoms with Crippen molar-refractivity contribution >= 4 is 21.6 Å². The maximum absolute atomic E-state index is 11.5. The van der Waals surface area contributed by atoms with Crippen molar-refractivity contribution < 1.29 is 13.2 Å². The molecule has 0 aromatic rings. The summed E-state index contributed by atoms with van der Waals surface area (Å²) in [5.41, 5.74) is 0.157. The Morgan fingerprint density at radius 1 is 1.44 bits per heavy atom. The molecule has 16 heavy (non-hydrogen) atoms. The van der Waals surface area contributed by atoms with Gasteiger partial charge in [0.15, 0.2) is 0 Å². The van der Waals surface area contributed by atoms with E-state index in [1.165, 1.54) is 0 Å². The fourth-order valence-electron chi connectivity index (χ4n) is 1.59. The van der Waals surface area contributed by atoms with Crippen molar-refractivity contribution in [2.75, 3.05) is 31.9 Å². The lowest BCUT2D eigenvalue weighted by Crippen LogP contribution is -2.32. The van der Waals surface area contributed by atoms with Gasteiger partial charge in [0.1, 0.15) is 0 Å². The third-order valence-electron chi connectivity index (χ3n) is 3.01. The summed E-state index contributed by atoms with van der Waals surface area (Å²) in [6.07, 6.45) is 3.62. The van der Waals surface area contributed by atoms with Gasteiger partial charge in [-0.1, -0.05) is 0 Å². The summed E-state index contributed by atoms with van der Waals surface area (Å²) in [6.45, 7) is 1.24. The first kappa shape index (κ1) is 14.2. The molecule has 0 saturated heterocycles. The van der Waals surface area contributed by atoms with Gasteiger partial charge in [0.25, 0.3) is 0 Å². The highest BCUT2D eigenvalue weighted by molar-refractivity contribution is 7.89. The highest BCUT2D eigenvalue weighted by Gasteiger charge is 2.42. The van der Waals surface area contributed by atoms with Crippen LogP contribution in [0.2, 0.25) is 0 Å². The van der Waals surface area contributed by atoms with Crippen molar-refractivity contribution in [3.63, 3.8) is 0 Å². The molecule has 1 saturated carbocycles. The summed E-state index contributed by atoms with van der Waals surface area (Å²) < 4.78 is 30.8. The number of methoxy groups -OCH3 is 1. The van der Waals surface area contributed by atoms with Gasteiger partial charge in [-0.05, 0) is 31.1 Å². The molecule has 1 aliphatic rings. The molecule has 0 bridgehead atoms. The molecule has 0 aromatic heterocycles. The van der Waals surface area contributed by atoms with Gasteiger partial charge >= 0.3 is 0 Å². The second kappa shape index (κ2) is 6.19. The van der Waals surface area contributed by atoms with Crippen LogP contribution in [0, 0.1) is 5.41 Å². The monoisotopic (exact) mass is 269 g/mol. The van der Waals surface area contributed by atoms with Crippen molar-refractivity contribution in [3.05, 3.63) is 0 Å². The molecule has 1 N–H and O–H groups in total. The minimum absolute atomic E-state index is 0.122. The van der Waals surface area contributed by atoms with Crippen LogP contribution in [-0.4, -0.2) is 40.3 Å². The van der Waals surface area contributed by atoms with E-state index in [0.717, 1.165) is 19.3 Å². The van der Waals surface area contributed by atoms with Crippen LogP contribution >= 0.6 is 11.6 Å². The maximum Gasteiger partial charge on any atom is 0.211 e.